The van der Waals surface area contributed by atoms with Gasteiger partial charge in [-0.25, -0.2) is 0 Å². The van der Waals surface area contributed by atoms with Crippen molar-refractivity contribution in [1.29, 1.82) is 0 Å². The molecule has 2 bridgehead atoms. The van der Waals surface area contributed by atoms with Gasteiger partial charge in [0.2, 0.25) is 0 Å². The van der Waals surface area contributed by atoms with Crippen LogP contribution >= 0.6 is 0 Å². The zero-order valence-corrected chi connectivity index (χ0v) is 7.32. The van der Waals surface area contributed by atoms with Crippen LogP contribution in [0.5, 0.6) is 0 Å². The van der Waals surface area contributed by atoms with Crippen molar-refractivity contribution in [1.82, 2.24) is 0 Å². The maximum atomic E-state index is 9.87. The van der Waals surface area contributed by atoms with Gasteiger partial charge in [-0.1, -0.05) is 18.6 Å². The van der Waals surface area contributed by atoms with Crippen LogP contribution in [0.3, 0.4) is 0 Å². The number of aliphatic hydroxyl groups is 1. The van der Waals surface area contributed by atoms with Crippen molar-refractivity contribution in [2.24, 2.45) is 23.7 Å². The predicted molar refractivity (Wildman–Crippen MR) is 47.6 cm³/mol. The third kappa shape index (κ3) is 0.779. The Kier molecular flexibility index (Phi) is 1.40. The van der Waals surface area contributed by atoms with Crippen LogP contribution in [0.4, 0.5) is 0 Å². The van der Waals surface area contributed by atoms with Gasteiger partial charge in [-0.2, -0.15) is 0 Å². The summed E-state index contributed by atoms with van der Waals surface area (Å²) in [4.78, 5) is 0. The molecule has 2 saturated carbocycles. The van der Waals surface area contributed by atoms with Gasteiger partial charge < -0.3 is 5.11 Å². The SMILES string of the molecule is OC1CCCC2C3C=CC(C3)C12. The van der Waals surface area contributed by atoms with Crippen molar-refractivity contribution in [2.75, 3.05) is 0 Å². The largest absolute Gasteiger partial charge is 0.393 e. The lowest BCUT2D eigenvalue weighted by Crippen LogP contribution is -2.34. The van der Waals surface area contributed by atoms with E-state index in [0.29, 0.717) is 5.92 Å². The summed E-state index contributed by atoms with van der Waals surface area (Å²) in [5.41, 5.74) is 0. The third-order valence-corrected chi connectivity index (χ3v) is 4.17. The molecule has 0 aromatic carbocycles. The minimum atomic E-state index is 0.0173. The van der Waals surface area contributed by atoms with Gasteiger partial charge in [-0.3, -0.25) is 0 Å². The molecule has 12 heavy (non-hydrogen) atoms. The Bertz CT molecular complexity index is 221. The fourth-order valence-electron chi connectivity index (χ4n) is 3.70. The van der Waals surface area contributed by atoms with Crippen molar-refractivity contribution < 1.29 is 5.11 Å². The fourth-order valence-corrected chi connectivity index (χ4v) is 3.70. The van der Waals surface area contributed by atoms with Crippen LogP contribution < -0.4 is 0 Å². The van der Waals surface area contributed by atoms with Crippen LogP contribution in [0.1, 0.15) is 25.7 Å². The van der Waals surface area contributed by atoms with Gasteiger partial charge in [-0.05, 0) is 42.9 Å². The molecule has 66 valence electrons. The molecule has 5 unspecified atom stereocenters. The average molecular weight is 164 g/mol. The number of fused-ring (bicyclic) bond motifs is 5. The highest BCUT2D eigenvalue weighted by Gasteiger charge is 2.48. The summed E-state index contributed by atoms with van der Waals surface area (Å²) in [5.74, 6) is 3.03. The smallest absolute Gasteiger partial charge is 0.0576 e. The Hall–Kier alpha value is -0.300. The summed E-state index contributed by atoms with van der Waals surface area (Å²) in [5, 5.41) is 9.87. The molecule has 0 aromatic rings. The first-order chi connectivity index (χ1) is 5.86. The molecule has 3 aliphatic carbocycles. The summed E-state index contributed by atoms with van der Waals surface area (Å²) in [7, 11) is 0. The summed E-state index contributed by atoms with van der Waals surface area (Å²) in [6.07, 6.45) is 9.77. The molecule has 1 N–H and O–H groups in total. The topological polar surface area (TPSA) is 20.2 Å². The van der Waals surface area contributed by atoms with E-state index in [1.165, 1.54) is 19.3 Å². The van der Waals surface area contributed by atoms with Gasteiger partial charge >= 0.3 is 0 Å². The first-order valence-corrected chi connectivity index (χ1v) is 5.22. The Labute approximate surface area is 73.5 Å². The molecule has 0 aliphatic heterocycles. The molecule has 1 heteroatoms. The molecule has 0 spiro atoms. The van der Waals surface area contributed by atoms with Gasteiger partial charge in [0, 0.05) is 0 Å². The first kappa shape index (κ1) is 7.14. The number of allylic oxidation sites excluding steroid dienone is 2. The minimum Gasteiger partial charge on any atom is -0.393 e. The highest BCUT2D eigenvalue weighted by Crippen LogP contribution is 2.53. The summed E-state index contributed by atoms with van der Waals surface area (Å²) in [6.45, 7) is 0. The Morgan fingerprint density at radius 3 is 2.75 bits per heavy atom. The van der Waals surface area contributed by atoms with E-state index in [1.54, 1.807) is 0 Å². The van der Waals surface area contributed by atoms with E-state index in [0.717, 1.165) is 24.2 Å². The Morgan fingerprint density at radius 2 is 1.92 bits per heavy atom. The normalized spacial score (nSPS) is 55.9. The summed E-state index contributed by atoms with van der Waals surface area (Å²) in [6, 6.07) is 0. The van der Waals surface area contributed by atoms with Gasteiger partial charge in [-0.15, -0.1) is 0 Å². The maximum Gasteiger partial charge on any atom is 0.0576 e. The van der Waals surface area contributed by atoms with Crippen LogP contribution in [0.15, 0.2) is 12.2 Å². The molecular weight excluding hydrogens is 148 g/mol. The monoisotopic (exact) mass is 164 g/mol. The Balaban J connectivity index is 1.92. The van der Waals surface area contributed by atoms with Crippen LogP contribution in [0.25, 0.3) is 0 Å². The number of hydrogen-bond donors (Lipinski definition) is 1. The van der Waals surface area contributed by atoms with Crippen LogP contribution in [-0.4, -0.2) is 11.2 Å². The van der Waals surface area contributed by atoms with Crippen molar-refractivity contribution in [2.45, 2.75) is 31.8 Å². The van der Waals surface area contributed by atoms with E-state index in [4.69, 9.17) is 0 Å². The third-order valence-electron chi connectivity index (χ3n) is 4.17. The van der Waals surface area contributed by atoms with Crippen molar-refractivity contribution in [3.63, 3.8) is 0 Å². The minimum absolute atomic E-state index is 0.0173. The number of aliphatic hydroxyl groups excluding tert-OH is 1. The molecule has 2 fully saturated rings. The van der Waals surface area contributed by atoms with Crippen molar-refractivity contribution in [3.05, 3.63) is 12.2 Å². The highest BCUT2D eigenvalue weighted by molar-refractivity contribution is 5.15. The van der Waals surface area contributed by atoms with E-state index >= 15 is 0 Å². The molecule has 0 radical (unpaired) electrons. The maximum absolute atomic E-state index is 9.87. The molecular formula is C11H16O. The zero-order valence-electron chi connectivity index (χ0n) is 7.32. The highest BCUT2D eigenvalue weighted by atomic mass is 16.3. The van der Waals surface area contributed by atoms with Gasteiger partial charge in [0.15, 0.2) is 0 Å². The lowest BCUT2D eigenvalue weighted by molar-refractivity contribution is 0.0265. The van der Waals surface area contributed by atoms with Crippen molar-refractivity contribution in [3.8, 4) is 0 Å². The first-order valence-electron chi connectivity index (χ1n) is 5.22. The van der Waals surface area contributed by atoms with Gasteiger partial charge in [0.25, 0.3) is 0 Å². The van der Waals surface area contributed by atoms with Gasteiger partial charge in [0.05, 0.1) is 6.10 Å². The quantitative estimate of drug-likeness (QED) is 0.543. The predicted octanol–water partition coefficient (Wildman–Crippen LogP) is 1.97. The molecule has 0 amide bonds. The number of rotatable bonds is 0. The Morgan fingerprint density at radius 1 is 1.08 bits per heavy atom. The van der Waals surface area contributed by atoms with Crippen LogP contribution in [0, 0.1) is 23.7 Å². The van der Waals surface area contributed by atoms with Crippen molar-refractivity contribution >= 4 is 0 Å². The van der Waals surface area contributed by atoms with E-state index in [1.807, 2.05) is 0 Å². The molecule has 3 rings (SSSR count). The van der Waals surface area contributed by atoms with Crippen LogP contribution in [-0.2, 0) is 0 Å². The average Bonchev–Trinajstić information content (AvgIpc) is 2.64. The second-order valence-corrected chi connectivity index (χ2v) is 4.69. The fraction of sp³-hybridized carbons (Fsp3) is 0.818. The summed E-state index contributed by atoms with van der Waals surface area (Å²) >= 11 is 0. The molecule has 0 heterocycles. The lowest BCUT2D eigenvalue weighted by Gasteiger charge is -2.36. The zero-order chi connectivity index (χ0) is 8.13. The molecule has 0 saturated heterocycles. The summed E-state index contributed by atoms with van der Waals surface area (Å²) < 4.78 is 0. The van der Waals surface area contributed by atoms with E-state index in [9.17, 15) is 5.11 Å². The van der Waals surface area contributed by atoms with Gasteiger partial charge in [0.1, 0.15) is 0 Å². The second kappa shape index (κ2) is 2.35. The van der Waals surface area contributed by atoms with E-state index in [-0.39, 0.29) is 6.10 Å². The molecule has 5 atom stereocenters. The molecule has 0 aromatic heterocycles. The molecule has 3 aliphatic rings. The van der Waals surface area contributed by atoms with E-state index in [2.05, 4.69) is 12.2 Å². The lowest BCUT2D eigenvalue weighted by atomic mass is 9.72. The van der Waals surface area contributed by atoms with E-state index < -0.39 is 0 Å². The molecule has 1 nitrogen and oxygen atoms in total. The van der Waals surface area contributed by atoms with Crippen LogP contribution in [0.2, 0.25) is 0 Å². The number of hydrogen-bond acceptors (Lipinski definition) is 1. The standard InChI is InChI=1S/C11H16O/c12-10-3-1-2-9-7-4-5-8(6-7)11(9)10/h4-5,7-12H,1-3,6H2. The second-order valence-electron chi connectivity index (χ2n) is 4.69.